The van der Waals surface area contributed by atoms with Crippen LogP contribution < -0.4 is 11.5 Å². The van der Waals surface area contributed by atoms with Crippen LogP contribution >= 0.6 is 0 Å². The summed E-state index contributed by atoms with van der Waals surface area (Å²) >= 11 is 0. The fourth-order valence-electron chi connectivity index (χ4n) is 1.24. The third kappa shape index (κ3) is 0.931. The van der Waals surface area contributed by atoms with Gasteiger partial charge in [-0.2, -0.15) is 5.10 Å². The molecule has 4 heteroatoms. The molecule has 0 unspecified atom stereocenters. The first-order chi connectivity index (χ1) is 5.81. The first-order valence-electron chi connectivity index (χ1n) is 3.74. The van der Waals surface area contributed by atoms with Gasteiger partial charge < -0.3 is 11.5 Å². The summed E-state index contributed by atoms with van der Waals surface area (Å²) in [5, 5.41) is 7.94. The first-order valence-corrected chi connectivity index (χ1v) is 3.74. The van der Waals surface area contributed by atoms with Crippen molar-refractivity contribution in [1.29, 1.82) is 0 Å². The van der Waals surface area contributed by atoms with Crippen molar-refractivity contribution in [1.82, 2.24) is 10.2 Å². The van der Waals surface area contributed by atoms with Gasteiger partial charge in [-0.25, -0.2) is 0 Å². The van der Waals surface area contributed by atoms with Crippen molar-refractivity contribution in [2.24, 2.45) is 5.73 Å². The molecule has 1 aromatic heterocycles. The highest BCUT2D eigenvalue weighted by atomic mass is 15.1. The SMILES string of the molecule is NCc1n[nH]c2ccc(N)cc12. The average molecular weight is 162 g/mol. The Morgan fingerprint density at radius 3 is 3.00 bits per heavy atom. The van der Waals surface area contributed by atoms with E-state index in [1.165, 1.54) is 0 Å². The zero-order valence-electron chi connectivity index (χ0n) is 6.54. The van der Waals surface area contributed by atoms with E-state index in [9.17, 15) is 0 Å². The zero-order valence-corrected chi connectivity index (χ0v) is 6.54. The Hall–Kier alpha value is -1.55. The molecular formula is C8H10N4. The Bertz CT molecular complexity index is 404. The van der Waals surface area contributed by atoms with E-state index < -0.39 is 0 Å². The van der Waals surface area contributed by atoms with Crippen LogP contribution in [0.25, 0.3) is 10.9 Å². The standard InChI is InChI=1S/C8H10N4/c9-4-8-6-3-5(10)1-2-7(6)11-12-8/h1-3H,4,9-10H2,(H,11,12). The predicted octanol–water partition coefficient (Wildman–Crippen LogP) is 0.604. The van der Waals surface area contributed by atoms with Crippen molar-refractivity contribution in [3.05, 3.63) is 23.9 Å². The molecule has 0 aliphatic carbocycles. The van der Waals surface area contributed by atoms with Crippen LogP contribution in [0.15, 0.2) is 18.2 Å². The lowest BCUT2D eigenvalue weighted by Gasteiger charge is -1.93. The third-order valence-corrected chi connectivity index (χ3v) is 1.86. The predicted molar refractivity (Wildman–Crippen MR) is 48.4 cm³/mol. The second kappa shape index (κ2) is 2.49. The third-order valence-electron chi connectivity index (χ3n) is 1.86. The normalized spacial score (nSPS) is 10.8. The van der Waals surface area contributed by atoms with Gasteiger partial charge in [0.25, 0.3) is 0 Å². The molecule has 4 nitrogen and oxygen atoms in total. The summed E-state index contributed by atoms with van der Waals surface area (Å²) < 4.78 is 0. The minimum atomic E-state index is 0.434. The van der Waals surface area contributed by atoms with E-state index in [2.05, 4.69) is 10.2 Å². The van der Waals surface area contributed by atoms with Gasteiger partial charge >= 0.3 is 0 Å². The molecule has 0 saturated heterocycles. The zero-order chi connectivity index (χ0) is 8.55. The van der Waals surface area contributed by atoms with Gasteiger partial charge in [0.1, 0.15) is 0 Å². The molecule has 12 heavy (non-hydrogen) atoms. The Labute approximate surface area is 69.6 Å². The molecule has 0 amide bonds. The van der Waals surface area contributed by atoms with Crippen molar-refractivity contribution in [3.63, 3.8) is 0 Å². The highest BCUT2D eigenvalue weighted by Gasteiger charge is 2.02. The van der Waals surface area contributed by atoms with Crippen LogP contribution in [-0.2, 0) is 6.54 Å². The Morgan fingerprint density at radius 2 is 2.25 bits per heavy atom. The van der Waals surface area contributed by atoms with E-state index in [0.717, 1.165) is 22.3 Å². The number of aromatic amines is 1. The number of hydrogen-bond donors (Lipinski definition) is 3. The van der Waals surface area contributed by atoms with E-state index in [-0.39, 0.29) is 0 Å². The maximum Gasteiger partial charge on any atom is 0.0837 e. The number of H-pyrrole nitrogens is 1. The number of nitrogen functional groups attached to an aromatic ring is 1. The van der Waals surface area contributed by atoms with Crippen LogP contribution in [0.2, 0.25) is 0 Å². The van der Waals surface area contributed by atoms with Gasteiger partial charge in [-0.15, -0.1) is 0 Å². The van der Waals surface area contributed by atoms with Gasteiger partial charge in [0.05, 0.1) is 11.2 Å². The summed E-state index contributed by atoms with van der Waals surface area (Å²) in [6.45, 7) is 0.434. The van der Waals surface area contributed by atoms with Gasteiger partial charge in [-0.1, -0.05) is 0 Å². The fraction of sp³-hybridized carbons (Fsp3) is 0.125. The molecule has 62 valence electrons. The molecule has 1 heterocycles. The minimum Gasteiger partial charge on any atom is -0.399 e. The van der Waals surface area contributed by atoms with E-state index in [1.54, 1.807) is 0 Å². The van der Waals surface area contributed by atoms with Crippen LogP contribution in [-0.4, -0.2) is 10.2 Å². The van der Waals surface area contributed by atoms with E-state index >= 15 is 0 Å². The second-order valence-electron chi connectivity index (χ2n) is 2.68. The summed E-state index contributed by atoms with van der Waals surface area (Å²) in [5.74, 6) is 0. The Morgan fingerprint density at radius 1 is 1.42 bits per heavy atom. The van der Waals surface area contributed by atoms with E-state index in [4.69, 9.17) is 11.5 Å². The molecule has 0 atom stereocenters. The van der Waals surface area contributed by atoms with Crippen LogP contribution in [0.1, 0.15) is 5.69 Å². The quantitative estimate of drug-likeness (QED) is 0.537. The van der Waals surface area contributed by atoms with E-state index in [0.29, 0.717) is 6.54 Å². The second-order valence-corrected chi connectivity index (χ2v) is 2.68. The largest absolute Gasteiger partial charge is 0.399 e. The van der Waals surface area contributed by atoms with Crippen LogP contribution in [0.4, 0.5) is 5.69 Å². The average Bonchev–Trinajstić information content (AvgIpc) is 2.46. The van der Waals surface area contributed by atoms with Crippen molar-refractivity contribution in [2.75, 3.05) is 5.73 Å². The Kier molecular flexibility index (Phi) is 1.48. The van der Waals surface area contributed by atoms with Crippen LogP contribution in [0.3, 0.4) is 0 Å². The number of hydrogen-bond acceptors (Lipinski definition) is 3. The van der Waals surface area contributed by atoms with E-state index in [1.807, 2.05) is 18.2 Å². The number of aromatic nitrogens is 2. The number of rotatable bonds is 1. The van der Waals surface area contributed by atoms with Gasteiger partial charge in [0.2, 0.25) is 0 Å². The molecule has 0 spiro atoms. The highest BCUT2D eigenvalue weighted by Crippen LogP contribution is 2.17. The molecule has 2 rings (SSSR count). The molecular weight excluding hydrogens is 152 g/mol. The lowest BCUT2D eigenvalue weighted by Crippen LogP contribution is -1.96. The number of nitrogens with zero attached hydrogens (tertiary/aromatic N) is 1. The number of nitrogens with two attached hydrogens (primary N) is 2. The van der Waals surface area contributed by atoms with Gasteiger partial charge in [-0.3, -0.25) is 5.10 Å². The lowest BCUT2D eigenvalue weighted by atomic mass is 10.2. The topological polar surface area (TPSA) is 80.7 Å². The molecule has 0 aliphatic rings. The monoisotopic (exact) mass is 162 g/mol. The van der Waals surface area contributed by atoms with Gasteiger partial charge in [0.15, 0.2) is 0 Å². The molecule has 1 aromatic carbocycles. The summed E-state index contributed by atoms with van der Waals surface area (Å²) in [4.78, 5) is 0. The molecule has 0 aliphatic heterocycles. The lowest BCUT2D eigenvalue weighted by molar-refractivity contribution is 0.959. The molecule has 5 N–H and O–H groups in total. The summed E-state index contributed by atoms with van der Waals surface area (Å²) in [5.41, 5.74) is 13.7. The summed E-state index contributed by atoms with van der Waals surface area (Å²) in [6.07, 6.45) is 0. The highest BCUT2D eigenvalue weighted by molar-refractivity contribution is 5.84. The molecule has 0 radical (unpaired) electrons. The smallest absolute Gasteiger partial charge is 0.0837 e. The first kappa shape index (κ1) is 7.12. The number of nitrogens with one attached hydrogen (secondary N) is 1. The fourth-order valence-corrected chi connectivity index (χ4v) is 1.24. The summed E-state index contributed by atoms with van der Waals surface area (Å²) in [6, 6.07) is 5.61. The Balaban J connectivity index is 2.75. The van der Waals surface area contributed by atoms with Gasteiger partial charge in [-0.05, 0) is 18.2 Å². The van der Waals surface area contributed by atoms with Crippen LogP contribution in [0, 0.1) is 0 Å². The van der Waals surface area contributed by atoms with Gasteiger partial charge in [0, 0.05) is 17.6 Å². The number of anilines is 1. The van der Waals surface area contributed by atoms with Crippen molar-refractivity contribution in [3.8, 4) is 0 Å². The number of fused-ring (bicyclic) bond motifs is 1. The molecule has 2 aromatic rings. The summed E-state index contributed by atoms with van der Waals surface area (Å²) in [7, 11) is 0. The maximum absolute atomic E-state index is 5.62. The van der Waals surface area contributed by atoms with Crippen molar-refractivity contribution >= 4 is 16.6 Å². The minimum absolute atomic E-state index is 0.434. The van der Waals surface area contributed by atoms with Crippen molar-refractivity contribution < 1.29 is 0 Å². The molecule has 0 saturated carbocycles. The van der Waals surface area contributed by atoms with Crippen LogP contribution in [0.5, 0.6) is 0 Å². The maximum atomic E-state index is 5.62. The number of benzene rings is 1. The molecule has 0 fully saturated rings. The molecule has 0 bridgehead atoms. The van der Waals surface area contributed by atoms with Crippen molar-refractivity contribution in [2.45, 2.75) is 6.54 Å².